The van der Waals surface area contributed by atoms with Crippen LogP contribution in [0, 0.1) is 0 Å². The largest absolute Gasteiger partial charge is 0.340 e. The molecular weight excluding hydrogens is 216 g/mol. The average molecular weight is 232 g/mol. The van der Waals surface area contributed by atoms with Crippen LogP contribution < -0.4 is 5.32 Å². The summed E-state index contributed by atoms with van der Waals surface area (Å²) in [4.78, 5) is 13.7. The van der Waals surface area contributed by atoms with E-state index in [2.05, 4.69) is 19.2 Å². The Bertz CT molecular complexity index is 243. The van der Waals surface area contributed by atoms with Crippen LogP contribution in [0.3, 0.4) is 0 Å². The van der Waals surface area contributed by atoms with Gasteiger partial charge in [0.2, 0.25) is 0 Å². The number of hydrogen-bond donors (Lipinski definition) is 1. The van der Waals surface area contributed by atoms with E-state index in [9.17, 15) is 4.79 Å². The summed E-state index contributed by atoms with van der Waals surface area (Å²) in [6.07, 6.45) is 0.990. The number of carbonyl (C=O) groups excluding carboxylic acids is 1. The Kier molecular flexibility index (Phi) is 3.92. The highest BCUT2D eigenvalue weighted by molar-refractivity contribution is 8.01. The quantitative estimate of drug-likeness (QED) is 0.577. The van der Waals surface area contributed by atoms with Crippen molar-refractivity contribution in [1.29, 1.82) is 0 Å². The summed E-state index contributed by atoms with van der Waals surface area (Å²) in [5, 5.41) is 3.02. The van der Waals surface area contributed by atoms with Crippen LogP contribution >= 0.6 is 24.0 Å². The third-order valence-electron chi connectivity index (χ3n) is 2.27. The fourth-order valence-electron chi connectivity index (χ4n) is 1.65. The van der Waals surface area contributed by atoms with Gasteiger partial charge in [-0.2, -0.15) is 0 Å². The second kappa shape index (κ2) is 4.59. The van der Waals surface area contributed by atoms with Gasteiger partial charge in [-0.1, -0.05) is 12.2 Å². The topological polar surface area (TPSA) is 32.3 Å². The maximum Gasteiger partial charge on any atom is 0.143 e. The highest BCUT2D eigenvalue weighted by Gasteiger charge is 2.40. The lowest BCUT2D eigenvalue weighted by molar-refractivity contribution is -0.110. The molecule has 0 aliphatic carbocycles. The SMILES string of the molecule is CNCC(=S)N1C(C=O)CSC1(C)C. The van der Waals surface area contributed by atoms with Gasteiger partial charge in [0.25, 0.3) is 0 Å². The van der Waals surface area contributed by atoms with Gasteiger partial charge in [-0.3, -0.25) is 0 Å². The van der Waals surface area contributed by atoms with Crippen LogP contribution in [0.4, 0.5) is 0 Å². The van der Waals surface area contributed by atoms with E-state index in [1.165, 1.54) is 0 Å². The molecular formula is C9H16N2OS2. The second-order valence-corrected chi connectivity index (χ2v) is 5.85. The molecule has 1 unspecified atom stereocenters. The molecule has 5 heteroatoms. The van der Waals surface area contributed by atoms with Gasteiger partial charge in [0.05, 0.1) is 15.9 Å². The molecule has 1 atom stereocenters. The molecule has 14 heavy (non-hydrogen) atoms. The molecule has 1 N–H and O–H groups in total. The zero-order valence-corrected chi connectivity index (χ0v) is 10.4. The van der Waals surface area contributed by atoms with E-state index in [0.717, 1.165) is 17.0 Å². The van der Waals surface area contributed by atoms with Gasteiger partial charge in [0.1, 0.15) is 6.29 Å². The highest BCUT2D eigenvalue weighted by Crippen LogP contribution is 2.38. The first-order valence-corrected chi connectivity index (χ1v) is 5.98. The highest BCUT2D eigenvalue weighted by atomic mass is 32.2. The molecule has 0 aromatic heterocycles. The minimum Gasteiger partial charge on any atom is -0.340 e. The van der Waals surface area contributed by atoms with Gasteiger partial charge >= 0.3 is 0 Å². The third-order valence-corrected chi connectivity index (χ3v) is 4.03. The Hall–Kier alpha value is -0.130. The van der Waals surface area contributed by atoms with E-state index in [-0.39, 0.29) is 10.9 Å². The van der Waals surface area contributed by atoms with Crippen LogP contribution in [0.25, 0.3) is 0 Å². The zero-order valence-electron chi connectivity index (χ0n) is 8.74. The van der Waals surface area contributed by atoms with Crippen LogP contribution in [0.15, 0.2) is 0 Å². The Morgan fingerprint density at radius 2 is 2.43 bits per heavy atom. The standard InChI is InChI=1S/C9H16N2OS2/c1-9(2)11(8(13)4-10-3)7(5-12)6-14-9/h5,7,10H,4,6H2,1-3H3. The fraction of sp³-hybridized carbons (Fsp3) is 0.778. The smallest absolute Gasteiger partial charge is 0.143 e. The minimum atomic E-state index is -0.0594. The first-order chi connectivity index (χ1) is 6.53. The molecule has 0 aromatic rings. The second-order valence-electron chi connectivity index (χ2n) is 3.76. The number of nitrogens with zero attached hydrogens (tertiary/aromatic N) is 1. The van der Waals surface area contributed by atoms with Gasteiger partial charge < -0.3 is 15.0 Å². The maximum atomic E-state index is 10.9. The number of thiocarbonyl (C=S) groups is 1. The zero-order chi connectivity index (χ0) is 10.8. The number of likely N-dealkylation sites (N-methyl/N-ethyl adjacent to an activating group) is 1. The molecule has 0 spiro atoms. The Labute approximate surface area is 94.6 Å². The predicted molar refractivity (Wildman–Crippen MR) is 64.8 cm³/mol. The molecule has 0 saturated carbocycles. The Morgan fingerprint density at radius 1 is 1.79 bits per heavy atom. The number of hydrogen-bond acceptors (Lipinski definition) is 4. The minimum absolute atomic E-state index is 0.0560. The van der Waals surface area contributed by atoms with Gasteiger partial charge in [0.15, 0.2) is 0 Å². The average Bonchev–Trinajstić information content (AvgIpc) is 2.41. The number of thioether (sulfide) groups is 1. The monoisotopic (exact) mass is 232 g/mol. The van der Waals surface area contributed by atoms with Crippen molar-refractivity contribution in [3.05, 3.63) is 0 Å². The molecule has 0 aromatic carbocycles. The molecule has 1 saturated heterocycles. The van der Waals surface area contributed by atoms with Crippen LogP contribution in [0.1, 0.15) is 13.8 Å². The Balaban J connectivity index is 2.79. The van der Waals surface area contributed by atoms with Crippen LogP contribution in [0.2, 0.25) is 0 Å². The van der Waals surface area contributed by atoms with E-state index >= 15 is 0 Å². The van der Waals surface area contributed by atoms with Crippen molar-refractivity contribution in [2.45, 2.75) is 24.8 Å². The lowest BCUT2D eigenvalue weighted by atomic mass is 10.2. The van der Waals surface area contributed by atoms with Crippen LogP contribution in [0.5, 0.6) is 0 Å². The van der Waals surface area contributed by atoms with Crippen molar-refractivity contribution in [2.24, 2.45) is 0 Å². The van der Waals surface area contributed by atoms with Crippen molar-refractivity contribution in [1.82, 2.24) is 10.2 Å². The summed E-state index contributed by atoms with van der Waals surface area (Å²) in [5.74, 6) is 0.834. The van der Waals surface area contributed by atoms with E-state index in [4.69, 9.17) is 12.2 Å². The number of rotatable bonds is 3. The molecule has 3 nitrogen and oxygen atoms in total. The molecule has 1 fully saturated rings. The Morgan fingerprint density at radius 3 is 2.93 bits per heavy atom. The number of carbonyl (C=O) groups is 1. The first-order valence-electron chi connectivity index (χ1n) is 4.59. The molecule has 0 amide bonds. The van der Waals surface area contributed by atoms with Gasteiger partial charge in [-0.25, -0.2) is 0 Å². The van der Waals surface area contributed by atoms with E-state index in [0.29, 0.717) is 6.54 Å². The van der Waals surface area contributed by atoms with Crippen molar-refractivity contribution < 1.29 is 4.79 Å². The first kappa shape index (κ1) is 11.9. The molecule has 0 bridgehead atoms. The van der Waals surface area contributed by atoms with Crippen LogP contribution in [-0.2, 0) is 4.79 Å². The van der Waals surface area contributed by atoms with E-state index in [1.807, 2.05) is 11.9 Å². The summed E-state index contributed by atoms with van der Waals surface area (Å²) in [7, 11) is 1.86. The van der Waals surface area contributed by atoms with E-state index in [1.54, 1.807) is 11.8 Å². The third kappa shape index (κ3) is 2.27. The molecule has 80 valence electrons. The molecule has 1 aliphatic heterocycles. The van der Waals surface area contributed by atoms with E-state index < -0.39 is 0 Å². The van der Waals surface area contributed by atoms with Gasteiger partial charge in [0, 0.05) is 12.3 Å². The number of nitrogens with one attached hydrogen (secondary N) is 1. The lowest BCUT2D eigenvalue weighted by Crippen LogP contribution is -2.49. The molecule has 1 heterocycles. The summed E-state index contributed by atoms with van der Waals surface area (Å²) < 4.78 is 0. The van der Waals surface area contributed by atoms with Gasteiger partial charge in [-0.15, -0.1) is 11.8 Å². The molecule has 1 rings (SSSR count). The summed E-state index contributed by atoms with van der Waals surface area (Å²) in [5.41, 5.74) is 0. The molecule has 0 radical (unpaired) electrons. The normalized spacial score (nSPS) is 25.1. The maximum absolute atomic E-state index is 10.9. The van der Waals surface area contributed by atoms with Gasteiger partial charge in [-0.05, 0) is 20.9 Å². The molecule has 1 aliphatic rings. The fourth-order valence-corrected chi connectivity index (χ4v) is 3.41. The van der Waals surface area contributed by atoms with Crippen LogP contribution in [-0.4, -0.2) is 46.4 Å². The summed E-state index contributed by atoms with van der Waals surface area (Å²) in [6.45, 7) is 4.86. The van der Waals surface area contributed by atoms with Crippen molar-refractivity contribution in [3.8, 4) is 0 Å². The summed E-state index contributed by atoms with van der Waals surface area (Å²) >= 11 is 7.07. The number of aldehydes is 1. The summed E-state index contributed by atoms with van der Waals surface area (Å²) in [6, 6.07) is -0.0594. The van der Waals surface area contributed by atoms with Crippen molar-refractivity contribution in [2.75, 3.05) is 19.3 Å². The lowest BCUT2D eigenvalue weighted by Gasteiger charge is -2.35. The predicted octanol–water partition coefficient (Wildman–Crippen LogP) is 0.886. The van der Waals surface area contributed by atoms with Crippen molar-refractivity contribution in [3.63, 3.8) is 0 Å². The van der Waals surface area contributed by atoms with Crippen molar-refractivity contribution >= 4 is 35.3 Å².